The van der Waals surface area contributed by atoms with E-state index in [1.807, 2.05) is 6.92 Å². The van der Waals surface area contributed by atoms with Crippen molar-refractivity contribution in [3.63, 3.8) is 0 Å². The molecule has 1 aliphatic rings. The van der Waals surface area contributed by atoms with Gasteiger partial charge in [-0.3, -0.25) is 0 Å². The molecule has 0 aromatic heterocycles. The number of hydrogen-bond donors (Lipinski definition) is 1. The monoisotopic (exact) mass is 284 g/mol. The van der Waals surface area contributed by atoms with E-state index in [9.17, 15) is 8.42 Å². The molecule has 1 aliphatic carbocycles. The van der Waals surface area contributed by atoms with Crippen LogP contribution in [0.2, 0.25) is 0 Å². The van der Waals surface area contributed by atoms with Crippen LogP contribution in [0.4, 0.5) is 5.69 Å². The summed E-state index contributed by atoms with van der Waals surface area (Å²) >= 11 is 0. The lowest BCUT2D eigenvalue weighted by Crippen LogP contribution is -2.34. The van der Waals surface area contributed by atoms with Crippen LogP contribution in [0.3, 0.4) is 0 Å². The van der Waals surface area contributed by atoms with E-state index in [0.717, 1.165) is 19.3 Å². The Bertz CT molecular complexity index is 553. The molecule has 0 unspecified atom stereocenters. The molecule has 0 saturated heterocycles. The van der Waals surface area contributed by atoms with Crippen LogP contribution in [0.1, 0.15) is 26.2 Å². The summed E-state index contributed by atoms with van der Waals surface area (Å²) < 4.78 is 32.2. The fraction of sp³-hybridized carbons (Fsp3) is 0.538. The van der Waals surface area contributed by atoms with Crippen LogP contribution < -0.4 is 10.5 Å². The van der Waals surface area contributed by atoms with Gasteiger partial charge in [-0.1, -0.05) is 6.92 Å². The summed E-state index contributed by atoms with van der Waals surface area (Å²) in [6, 6.07) is 4.84. The van der Waals surface area contributed by atoms with E-state index in [-0.39, 0.29) is 10.9 Å². The molecule has 19 heavy (non-hydrogen) atoms. The maximum Gasteiger partial charge on any atom is 0.247 e. The summed E-state index contributed by atoms with van der Waals surface area (Å²) in [6.07, 6.45) is 2.66. The number of ether oxygens (including phenoxy) is 1. The molecule has 1 aromatic carbocycles. The number of anilines is 1. The molecule has 1 saturated carbocycles. The Morgan fingerprint density at radius 3 is 2.63 bits per heavy atom. The van der Waals surface area contributed by atoms with Crippen molar-refractivity contribution < 1.29 is 13.2 Å². The van der Waals surface area contributed by atoms with E-state index in [0.29, 0.717) is 18.0 Å². The van der Waals surface area contributed by atoms with E-state index < -0.39 is 10.0 Å². The van der Waals surface area contributed by atoms with Crippen molar-refractivity contribution >= 4 is 15.7 Å². The second kappa shape index (κ2) is 5.38. The van der Waals surface area contributed by atoms with Crippen LogP contribution in [0, 0.1) is 0 Å². The summed E-state index contributed by atoms with van der Waals surface area (Å²) in [5.41, 5.74) is 6.13. The van der Waals surface area contributed by atoms with Crippen molar-refractivity contribution in [2.24, 2.45) is 0 Å². The molecule has 0 atom stereocenters. The molecule has 0 radical (unpaired) electrons. The Morgan fingerprint density at radius 2 is 2.11 bits per heavy atom. The van der Waals surface area contributed by atoms with Crippen LogP contribution in [-0.4, -0.2) is 32.4 Å². The second-order valence-corrected chi connectivity index (χ2v) is 6.62. The Hall–Kier alpha value is -1.27. The van der Waals surface area contributed by atoms with E-state index in [2.05, 4.69) is 0 Å². The summed E-state index contributed by atoms with van der Waals surface area (Å²) in [5.74, 6) is 0.343. The van der Waals surface area contributed by atoms with Crippen LogP contribution in [0.25, 0.3) is 0 Å². The van der Waals surface area contributed by atoms with Gasteiger partial charge in [-0.25, -0.2) is 8.42 Å². The molecule has 2 rings (SSSR count). The van der Waals surface area contributed by atoms with Crippen molar-refractivity contribution in [1.29, 1.82) is 0 Å². The third-order valence-electron chi connectivity index (χ3n) is 3.17. The van der Waals surface area contributed by atoms with Crippen molar-refractivity contribution in [1.82, 2.24) is 4.31 Å². The fourth-order valence-electron chi connectivity index (χ4n) is 2.10. The zero-order valence-corrected chi connectivity index (χ0v) is 12.1. The van der Waals surface area contributed by atoms with Gasteiger partial charge in [0.25, 0.3) is 0 Å². The molecule has 5 nitrogen and oxygen atoms in total. The minimum atomic E-state index is -3.54. The molecule has 0 bridgehead atoms. The van der Waals surface area contributed by atoms with Crippen molar-refractivity contribution in [2.75, 3.05) is 19.4 Å². The Kier molecular flexibility index (Phi) is 4.01. The van der Waals surface area contributed by atoms with Gasteiger partial charge >= 0.3 is 0 Å². The topological polar surface area (TPSA) is 72.6 Å². The maximum absolute atomic E-state index is 12.7. The first-order chi connectivity index (χ1) is 9.00. The number of hydrogen-bond acceptors (Lipinski definition) is 4. The summed E-state index contributed by atoms with van der Waals surface area (Å²) in [6.45, 7) is 2.51. The number of rotatable bonds is 6. The summed E-state index contributed by atoms with van der Waals surface area (Å²) in [5, 5.41) is 0. The first-order valence-electron chi connectivity index (χ1n) is 6.46. The smallest absolute Gasteiger partial charge is 0.247 e. The predicted molar refractivity (Wildman–Crippen MR) is 74.6 cm³/mol. The largest absolute Gasteiger partial charge is 0.495 e. The highest BCUT2D eigenvalue weighted by Crippen LogP contribution is 2.35. The highest BCUT2D eigenvalue weighted by Gasteiger charge is 2.38. The Balaban J connectivity index is 2.45. The maximum atomic E-state index is 12.7. The van der Waals surface area contributed by atoms with Crippen molar-refractivity contribution in [3.8, 4) is 5.75 Å². The molecule has 0 spiro atoms. The van der Waals surface area contributed by atoms with Gasteiger partial charge in [0.2, 0.25) is 10.0 Å². The zero-order valence-electron chi connectivity index (χ0n) is 11.3. The normalized spacial score (nSPS) is 15.7. The van der Waals surface area contributed by atoms with E-state index in [1.165, 1.54) is 13.2 Å². The highest BCUT2D eigenvalue weighted by molar-refractivity contribution is 7.89. The van der Waals surface area contributed by atoms with Gasteiger partial charge in [0.1, 0.15) is 10.6 Å². The number of nitrogen functional groups attached to an aromatic ring is 1. The second-order valence-electron chi connectivity index (χ2n) is 4.76. The third-order valence-corrected chi connectivity index (χ3v) is 5.15. The first kappa shape index (κ1) is 14.1. The average Bonchev–Trinajstić information content (AvgIpc) is 3.20. The number of sulfonamides is 1. The minimum Gasteiger partial charge on any atom is -0.495 e. The van der Waals surface area contributed by atoms with E-state index in [1.54, 1.807) is 16.4 Å². The van der Waals surface area contributed by atoms with Gasteiger partial charge in [-0.2, -0.15) is 4.31 Å². The Labute approximate surface area is 114 Å². The Morgan fingerprint density at radius 1 is 1.42 bits per heavy atom. The van der Waals surface area contributed by atoms with Gasteiger partial charge in [0.05, 0.1) is 7.11 Å². The molecular weight excluding hydrogens is 264 g/mol. The standard InChI is InChI=1S/C13H20N2O3S/c1-3-8-15(11-5-6-11)19(16,17)13-9-10(14)4-7-12(13)18-2/h4,7,9,11H,3,5-6,8,14H2,1-2H3. The van der Waals surface area contributed by atoms with Crippen LogP contribution in [-0.2, 0) is 10.0 Å². The van der Waals surface area contributed by atoms with Gasteiger partial charge in [0, 0.05) is 18.3 Å². The quantitative estimate of drug-likeness (QED) is 0.809. The van der Waals surface area contributed by atoms with Crippen LogP contribution >= 0.6 is 0 Å². The van der Waals surface area contributed by atoms with Gasteiger partial charge in [-0.05, 0) is 37.5 Å². The molecule has 1 aromatic rings. The number of benzene rings is 1. The minimum absolute atomic E-state index is 0.135. The number of nitrogens with zero attached hydrogens (tertiary/aromatic N) is 1. The third kappa shape index (κ3) is 2.84. The van der Waals surface area contributed by atoms with Crippen molar-refractivity contribution in [3.05, 3.63) is 18.2 Å². The molecule has 106 valence electrons. The van der Waals surface area contributed by atoms with Crippen LogP contribution in [0.5, 0.6) is 5.75 Å². The fourth-order valence-corrected chi connectivity index (χ4v) is 4.07. The number of methoxy groups -OCH3 is 1. The van der Waals surface area contributed by atoms with Gasteiger partial charge < -0.3 is 10.5 Å². The average molecular weight is 284 g/mol. The van der Waals surface area contributed by atoms with Gasteiger partial charge in [-0.15, -0.1) is 0 Å². The lowest BCUT2D eigenvalue weighted by molar-refractivity contribution is 0.384. The molecule has 0 amide bonds. The van der Waals surface area contributed by atoms with Crippen molar-refractivity contribution in [2.45, 2.75) is 37.1 Å². The van der Waals surface area contributed by atoms with Gasteiger partial charge in [0.15, 0.2) is 0 Å². The highest BCUT2D eigenvalue weighted by atomic mass is 32.2. The predicted octanol–water partition coefficient (Wildman–Crippen LogP) is 1.84. The summed E-state index contributed by atoms with van der Waals surface area (Å²) in [4.78, 5) is 0.162. The van der Waals surface area contributed by atoms with Crippen LogP contribution in [0.15, 0.2) is 23.1 Å². The summed E-state index contributed by atoms with van der Waals surface area (Å²) in [7, 11) is -2.07. The molecule has 2 N–H and O–H groups in total. The molecule has 0 heterocycles. The number of nitrogens with two attached hydrogens (primary N) is 1. The van der Waals surface area contributed by atoms with E-state index in [4.69, 9.17) is 10.5 Å². The zero-order chi connectivity index (χ0) is 14.0. The SMILES string of the molecule is CCCN(C1CC1)S(=O)(=O)c1cc(N)ccc1OC. The molecule has 0 aliphatic heterocycles. The lowest BCUT2D eigenvalue weighted by Gasteiger charge is -2.22. The molecular formula is C13H20N2O3S. The molecule has 6 heteroatoms. The molecule has 1 fully saturated rings. The lowest BCUT2D eigenvalue weighted by atomic mass is 10.3. The van der Waals surface area contributed by atoms with E-state index >= 15 is 0 Å². The first-order valence-corrected chi connectivity index (χ1v) is 7.90.